The van der Waals surface area contributed by atoms with Crippen LogP contribution in [0, 0.1) is 0 Å². The molecule has 1 heterocycles. The van der Waals surface area contributed by atoms with Crippen molar-refractivity contribution in [3.8, 4) is 44.5 Å². The summed E-state index contributed by atoms with van der Waals surface area (Å²) < 4.78 is 6.93. The molecule has 0 saturated carbocycles. The summed E-state index contributed by atoms with van der Waals surface area (Å²) in [6.07, 6.45) is 0. The van der Waals surface area contributed by atoms with Gasteiger partial charge in [-0.2, -0.15) is 0 Å². The van der Waals surface area contributed by atoms with Gasteiger partial charge in [0, 0.05) is 10.8 Å². The molecule has 12 rings (SSSR count). The van der Waals surface area contributed by atoms with Crippen LogP contribution in [0.15, 0.2) is 186 Å². The second-order valence-electron chi connectivity index (χ2n) is 14.3. The molecule has 0 N–H and O–H groups in total. The number of hydrogen-bond donors (Lipinski definition) is 0. The van der Waals surface area contributed by atoms with Crippen molar-refractivity contribution in [1.29, 1.82) is 0 Å². The van der Waals surface area contributed by atoms with Crippen molar-refractivity contribution in [1.82, 2.24) is 0 Å². The van der Waals surface area contributed by atoms with E-state index in [1.54, 1.807) is 0 Å². The van der Waals surface area contributed by atoms with E-state index in [2.05, 4.69) is 182 Å². The molecule has 2 aliphatic carbocycles. The number of rotatable bonds is 2. The Hall–Kier alpha value is -6.70. The van der Waals surface area contributed by atoms with Gasteiger partial charge in [0.15, 0.2) is 0 Å². The van der Waals surface area contributed by atoms with E-state index in [1.165, 1.54) is 88.3 Å². The Morgan fingerprint density at radius 1 is 0.308 bits per heavy atom. The number of furan rings is 1. The van der Waals surface area contributed by atoms with Crippen LogP contribution in [0.25, 0.3) is 88.0 Å². The Labute approximate surface area is 301 Å². The van der Waals surface area contributed by atoms with Gasteiger partial charge in [0.2, 0.25) is 0 Å². The van der Waals surface area contributed by atoms with E-state index in [0.29, 0.717) is 0 Å². The minimum Gasteiger partial charge on any atom is -0.456 e. The summed E-state index contributed by atoms with van der Waals surface area (Å²) in [5.74, 6) is 0. The van der Waals surface area contributed by atoms with Crippen LogP contribution in [-0.2, 0) is 5.41 Å². The van der Waals surface area contributed by atoms with Gasteiger partial charge in [-0.25, -0.2) is 0 Å². The zero-order chi connectivity index (χ0) is 34.0. The van der Waals surface area contributed by atoms with E-state index in [0.717, 1.165) is 21.9 Å². The molecule has 1 heteroatoms. The molecule has 2 aliphatic rings. The molecule has 10 aromatic rings. The third kappa shape index (κ3) is 3.43. The average molecular weight is 659 g/mol. The standard InChI is InChI=1S/C51H30O/c1-2-15-31(16-3-1)48-35-20-4-6-22-37(35)49(38-23-7-5-21-36(38)48)39-24-14-28-46-50(39)41-29-40-34-19-10-13-27-44(34)51(45(40)30-47(41)52-46)42-25-11-8-17-32(42)33-18-9-12-26-43(33)51/h1-30H. The average Bonchev–Trinajstić information content (AvgIpc) is 3.83. The first-order valence-electron chi connectivity index (χ1n) is 18.1. The maximum atomic E-state index is 6.93. The van der Waals surface area contributed by atoms with E-state index in [9.17, 15) is 0 Å². The monoisotopic (exact) mass is 658 g/mol. The molecule has 0 radical (unpaired) electrons. The van der Waals surface area contributed by atoms with Crippen molar-refractivity contribution in [3.05, 3.63) is 204 Å². The predicted octanol–water partition coefficient (Wildman–Crippen LogP) is 13.6. The summed E-state index contributed by atoms with van der Waals surface area (Å²) in [6, 6.07) is 67.0. The fourth-order valence-corrected chi connectivity index (χ4v) is 9.95. The van der Waals surface area contributed by atoms with Crippen molar-refractivity contribution < 1.29 is 4.42 Å². The summed E-state index contributed by atoms with van der Waals surface area (Å²) >= 11 is 0. The molecule has 1 spiro atoms. The van der Waals surface area contributed by atoms with Gasteiger partial charge in [0.25, 0.3) is 0 Å². The number of fused-ring (bicyclic) bond motifs is 15. The fourth-order valence-electron chi connectivity index (χ4n) is 9.95. The van der Waals surface area contributed by atoms with E-state index in [1.807, 2.05) is 0 Å². The van der Waals surface area contributed by atoms with Crippen molar-refractivity contribution in [2.75, 3.05) is 0 Å². The topological polar surface area (TPSA) is 13.1 Å². The highest BCUT2D eigenvalue weighted by Gasteiger charge is 2.51. The second kappa shape index (κ2) is 10.2. The largest absolute Gasteiger partial charge is 0.456 e. The van der Waals surface area contributed by atoms with Crippen LogP contribution in [0.1, 0.15) is 22.3 Å². The quantitative estimate of drug-likeness (QED) is 0.169. The van der Waals surface area contributed by atoms with E-state index in [-0.39, 0.29) is 0 Å². The molecule has 9 aromatic carbocycles. The maximum Gasteiger partial charge on any atom is 0.136 e. The van der Waals surface area contributed by atoms with Crippen LogP contribution in [-0.4, -0.2) is 0 Å². The molecule has 0 saturated heterocycles. The Morgan fingerprint density at radius 3 is 1.38 bits per heavy atom. The highest BCUT2D eigenvalue weighted by molar-refractivity contribution is 6.26. The molecule has 0 aliphatic heterocycles. The maximum absolute atomic E-state index is 6.93. The Kier molecular flexibility index (Phi) is 5.49. The Balaban J connectivity index is 1.20. The minimum absolute atomic E-state index is 0.408. The Bertz CT molecular complexity index is 3020. The van der Waals surface area contributed by atoms with E-state index >= 15 is 0 Å². The van der Waals surface area contributed by atoms with Crippen molar-refractivity contribution >= 4 is 43.5 Å². The van der Waals surface area contributed by atoms with Gasteiger partial charge in [0.1, 0.15) is 11.2 Å². The lowest BCUT2D eigenvalue weighted by Crippen LogP contribution is -2.25. The summed E-state index contributed by atoms with van der Waals surface area (Å²) in [5, 5.41) is 7.30. The van der Waals surface area contributed by atoms with Crippen LogP contribution < -0.4 is 0 Å². The molecule has 0 unspecified atom stereocenters. The summed E-state index contributed by atoms with van der Waals surface area (Å²) in [5.41, 5.74) is 16.9. The molecule has 0 atom stereocenters. The summed E-state index contributed by atoms with van der Waals surface area (Å²) in [6.45, 7) is 0. The zero-order valence-electron chi connectivity index (χ0n) is 28.2. The minimum atomic E-state index is -0.408. The Morgan fingerprint density at radius 2 is 0.788 bits per heavy atom. The fraction of sp³-hybridized carbons (Fsp3) is 0.0196. The molecule has 0 amide bonds. The molecule has 240 valence electrons. The molecule has 0 fully saturated rings. The van der Waals surface area contributed by atoms with Crippen LogP contribution >= 0.6 is 0 Å². The first-order chi connectivity index (χ1) is 25.8. The highest BCUT2D eigenvalue weighted by atomic mass is 16.3. The van der Waals surface area contributed by atoms with Crippen molar-refractivity contribution in [3.63, 3.8) is 0 Å². The lowest BCUT2D eigenvalue weighted by molar-refractivity contribution is 0.666. The number of hydrogen-bond acceptors (Lipinski definition) is 1. The number of benzene rings is 9. The third-order valence-electron chi connectivity index (χ3n) is 11.9. The first kappa shape index (κ1) is 28.0. The van der Waals surface area contributed by atoms with Gasteiger partial charge in [-0.3, -0.25) is 0 Å². The predicted molar refractivity (Wildman–Crippen MR) is 216 cm³/mol. The van der Waals surface area contributed by atoms with Crippen molar-refractivity contribution in [2.24, 2.45) is 0 Å². The smallest absolute Gasteiger partial charge is 0.136 e. The lowest BCUT2D eigenvalue weighted by Gasteiger charge is -2.30. The van der Waals surface area contributed by atoms with Gasteiger partial charge < -0.3 is 4.42 Å². The van der Waals surface area contributed by atoms with Crippen LogP contribution in [0.2, 0.25) is 0 Å². The zero-order valence-corrected chi connectivity index (χ0v) is 28.2. The molecule has 0 bridgehead atoms. The van der Waals surface area contributed by atoms with Crippen LogP contribution in [0.3, 0.4) is 0 Å². The molecule has 52 heavy (non-hydrogen) atoms. The molecule has 1 nitrogen and oxygen atoms in total. The normalized spacial score (nSPS) is 13.5. The van der Waals surface area contributed by atoms with E-state index < -0.39 is 5.41 Å². The molecular weight excluding hydrogens is 629 g/mol. The molecule has 1 aromatic heterocycles. The second-order valence-corrected chi connectivity index (χ2v) is 14.3. The van der Waals surface area contributed by atoms with Gasteiger partial charge in [-0.05, 0) is 107 Å². The van der Waals surface area contributed by atoms with Gasteiger partial charge >= 0.3 is 0 Å². The highest BCUT2D eigenvalue weighted by Crippen LogP contribution is 2.63. The van der Waals surface area contributed by atoms with Gasteiger partial charge in [0.05, 0.1) is 5.41 Å². The van der Waals surface area contributed by atoms with Crippen LogP contribution in [0.4, 0.5) is 0 Å². The third-order valence-corrected chi connectivity index (χ3v) is 11.9. The molecular formula is C51H30O. The van der Waals surface area contributed by atoms with Gasteiger partial charge in [-0.15, -0.1) is 0 Å². The summed E-state index contributed by atoms with van der Waals surface area (Å²) in [4.78, 5) is 0. The van der Waals surface area contributed by atoms with Crippen molar-refractivity contribution in [2.45, 2.75) is 5.41 Å². The van der Waals surface area contributed by atoms with Gasteiger partial charge in [-0.1, -0.05) is 164 Å². The first-order valence-corrected chi connectivity index (χ1v) is 18.1. The lowest BCUT2D eigenvalue weighted by atomic mass is 9.70. The van der Waals surface area contributed by atoms with Crippen LogP contribution in [0.5, 0.6) is 0 Å². The summed E-state index contributed by atoms with van der Waals surface area (Å²) in [7, 11) is 0. The van der Waals surface area contributed by atoms with E-state index in [4.69, 9.17) is 4.42 Å². The SMILES string of the molecule is c1ccc(-c2c3ccccc3c(-c3cccc4oc5cc6c(cc5c34)-c3ccccc3C63c4ccccc4-c4ccccc43)c3ccccc23)cc1.